The standard InChI is InChI=1S/C18H14Cl2F2N4/c19-14-3-1-2-11(17(14)20)9-25-6-7-26-16(10-25)23-24-18(26)13-5-4-12(21)8-15(13)22/h1-5,8H,6-7,9-10H2. The number of rotatable bonds is 3. The maximum Gasteiger partial charge on any atom is 0.167 e. The Kier molecular flexibility index (Phi) is 4.65. The Morgan fingerprint density at radius 1 is 1.04 bits per heavy atom. The van der Waals surface area contributed by atoms with Crippen LogP contribution >= 0.6 is 23.2 Å². The van der Waals surface area contributed by atoms with E-state index in [1.165, 1.54) is 12.1 Å². The van der Waals surface area contributed by atoms with Crippen molar-refractivity contribution >= 4 is 23.2 Å². The molecule has 0 saturated heterocycles. The minimum absolute atomic E-state index is 0.247. The van der Waals surface area contributed by atoms with E-state index >= 15 is 0 Å². The number of aromatic nitrogens is 3. The summed E-state index contributed by atoms with van der Waals surface area (Å²) in [5.41, 5.74) is 1.19. The third-order valence-corrected chi connectivity index (χ3v) is 5.29. The van der Waals surface area contributed by atoms with E-state index in [9.17, 15) is 8.78 Å². The van der Waals surface area contributed by atoms with Crippen LogP contribution in [-0.2, 0) is 19.6 Å². The number of fused-ring (bicyclic) bond motifs is 1. The predicted octanol–water partition coefficient (Wildman–Crippen LogP) is 4.55. The predicted molar refractivity (Wildman–Crippen MR) is 96.0 cm³/mol. The number of hydrogen-bond donors (Lipinski definition) is 0. The lowest BCUT2D eigenvalue weighted by Crippen LogP contribution is -2.33. The molecule has 1 aliphatic heterocycles. The lowest BCUT2D eigenvalue weighted by atomic mass is 10.1. The molecule has 26 heavy (non-hydrogen) atoms. The van der Waals surface area contributed by atoms with Gasteiger partial charge in [-0.3, -0.25) is 4.90 Å². The highest BCUT2D eigenvalue weighted by Crippen LogP contribution is 2.29. The average molecular weight is 395 g/mol. The molecular formula is C18H14Cl2F2N4. The number of nitrogens with zero attached hydrogens (tertiary/aromatic N) is 4. The highest BCUT2D eigenvalue weighted by molar-refractivity contribution is 6.42. The van der Waals surface area contributed by atoms with Crippen molar-refractivity contribution in [2.45, 2.75) is 19.6 Å². The topological polar surface area (TPSA) is 34.0 Å². The zero-order valence-electron chi connectivity index (χ0n) is 13.6. The Hall–Kier alpha value is -2.02. The molecule has 3 aromatic rings. The van der Waals surface area contributed by atoms with Crippen molar-refractivity contribution in [1.82, 2.24) is 19.7 Å². The molecule has 0 fully saturated rings. The molecule has 4 nitrogen and oxygen atoms in total. The van der Waals surface area contributed by atoms with Crippen LogP contribution in [0.3, 0.4) is 0 Å². The summed E-state index contributed by atoms with van der Waals surface area (Å²) in [6, 6.07) is 9.02. The van der Waals surface area contributed by atoms with Crippen LogP contribution in [0.1, 0.15) is 11.4 Å². The summed E-state index contributed by atoms with van der Waals surface area (Å²) < 4.78 is 29.1. The SMILES string of the molecule is Fc1ccc(-c2nnc3n2CCN(Cc2cccc(Cl)c2Cl)C3)c(F)c1. The van der Waals surface area contributed by atoms with Crippen molar-refractivity contribution in [2.75, 3.05) is 6.54 Å². The number of hydrogen-bond acceptors (Lipinski definition) is 3. The molecule has 0 amide bonds. The fourth-order valence-electron chi connectivity index (χ4n) is 3.12. The van der Waals surface area contributed by atoms with E-state index in [-0.39, 0.29) is 5.56 Å². The fraction of sp³-hybridized carbons (Fsp3) is 0.222. The third kappa shape index (κ3) is 3.20. The summed E-state index contributed by atoms with van der Waals surface area (Å²) in [6.45, 7) is 2.52. The van der Waals surface area contributed by atoms with Crippen molar-refractivity contribution in [3.8, 4) is 11.4 Å². The fourth-order valence-corrected chi connectivity index (χ4v) is 3.50. The Morgan fingerprint density at radius 2 is 1.88 bits per heavy atom. The Balaban J connectivity index is 1.57. The van der Waals surface area contributed by atoms with E-state index in [2.05, 4.69) is 15.1 Å². The average Bonchev–Trinajstić information content (AvgIpc) is 3.02. The molecule has 0 unspecified atom stereocenters. The van der Waals surface area contributed by atoms with Crippen LogP contribution < -0.4 is 0 Å². The molecule has 0 bridgehead atoms. The highest BCUT2D eigenvalue weighted by atomic mass is 35.5. The van der Waals surface area contributed by atoms with Crippen molar-refractivity contribution in [2.24, 2.45) is 0 Å². The Morgan fingerprint density at radius 3 is 2.69 bits per heavy atom. The molecule has 1 aliphatic rings. The maximum absolute atomic E-state index is 14.1. The maximum atomic E-state index is 14.1. The van der Waals surface area contributed by atoms with Gasteiger partial charge in [-0.2, -0.15) is 0 Å². The Bertz CT molecular complexity index is 974. The molecule has 0 radical (unpaired) electrons. The number of benzene rings is 2. The zero-order valence-corrected chi connectivity index (χ0v) is 15.1. The summed E-state index contributed by atoms with van der Waals surface area (Å²) in [5, 5.41) is 9.37. The second kappa shape index (κ2) is 6.95. The quantitative estimate of drug-likeness (QED) is 0.653. The van der Waals surface area contributed by atoms with Crippen LogP contribution in [-0.4, -0.2) is 26.2 Å². The first-order valence-electron chi connectivity index (χ1n) is 8.05. The van der Waals surface area contributed by atoms with Crippen LogP contribution in [0, 0.1) is 11.6 Å². The molecule has 0 spiro atoms. The molecule has 134 valence electrons. The first kappa shape index (κ1) is 17.4. The summed E-state index contributed by atoms with van der Waals surface area (Å²) in [7, 11) is 0. The molecule has 2 aromatic carbocycles. The van der Waals surface area contributed by atoms with E-state index in [1.807, 2.05) is 16.7 Å². The van der Waals surface area contributed by atoms with Crippen molar-refractivity contribution in [3.05, 3.63) is 69.5 Å². The van der Waals surface area contributed by atoms with Gasteiger partial charge in [-0.05, 0) is 23.8 Å². The van der Waals surface area contributed by atoms with Gasteiger partial charge in [0.25, 0.3) is 0 Å². The zero-order chi connectivity index (χ0) is 18.3. The van der Waals surface area contributed by atoms with Gasteiger partial charge in [0.1, 0.15) is 17.5 Å². The Labute approximate surface area is 159 Å². The van der Waals surface area contributed by atoms with Gasteiger partial charge in [0.2, 0.25) is 0 Å². The van der Waals surface area contributed by atoms with Crippen molar-refractivity contribution in [3.63, 3.8) is 0 Å². The van der Waals surface area contributed by atoms with E-state index in [1.54, 1.807) is 6.07 Å². The second-order valence-electron chi connectivity index (χ2n) is 6.14. The lowest BCUT2D eigenvalue weighted by Gasteiger charge is -2.28. The first-order chi connectivity index (χ1) is 12.5. The first-order valence-corrected chi connectivity index (χ1v) is 8.81. The minimum Gasteiger partial charge on any atom is -0.309 e. The van der Waals surface area contributed by atoms with E-state index in [4.69, 9.17) is 23.2 Å². The van der Waals surface area contributed by atoms with Gasteiger partial charge in [-0.15, -0.1) is 10.2 Å². The van der Waals surface area contributed by atoms with Crippen LogP contribution in [0.15, 0.2) is 36.4 Å². The third-order valence-electron chi connectivity index (χ3n) is 4.43. The van der Waals surface area contributed by atoms with Crippen molar-refractivity contribution in [1.29, 1.82) is 0 Å². The molecular weight excluding hydrogens is 381 g/mol. The van der Waals surface area contributed by atoms with Gasteiger partial charge in [-0.1, -0.05) is 35.3 Å². The van der Waals surface area contributed by atoms with Crippen LogP contribution in [0.25, 0.3) is 11.4 Å². The molecule has 0 aliphatic carbocycles. The van der Waals surface area contributed by atoms with Gasteiger partial charge < -0.3 is 4.57 Å². The highest BCUT2D eigenvalue weighted by Gasteiger charge is 2.24. The van der Waals surface area contributed by atoms with E-state index in [0.29, 0.717) is 35.5 Å². The monoisotopic (exact) mass is 394 g/mol. The van der Waals surface area contributed by atoms with Gasteiger partial charge in [0.05, 0.1) is 22.2 Å². The van der Waals surface area contributed by atoms with E-state index < -0.39 is 11.6 Å². The smallest absolute Gasteiger partial charge is 0.167 e. The summed E-state index contributed by atoms with van der Waals surface area (Å²) in [4.78, 5) is 2.17. The van der Waals surface area contributed by atoms with Gasteiger partial charge >= 0.3 is 0 Å². The van der Waals surface area contributed by atoms with Gasteiger partial charge in [-0.25, -0.2) is 8.78 Å². The summed E-state index contributed by atoms with van der Waals surface area (Å²) in [5.74, 6) is -0.117. The molecule has 0 saturated carbocycles. The lowest BCUT2D eigenvalue weighted by molar-refractivity contribution is 0.209. The molecule has 0 N–H and O–H groups in total. The van der Waals surface area contributed by atoms with Crippen LogP contribution in [0.5, 0.6) is 0 Å². The molecule has 8 heteroatoms. The molecule has 1 aromatic heterocycles. The molecule has 0 atom stereocenters. The normalized spacial score (nSPS) is 14.5. The number of halogens is 4. The van der Waals surface area contributed by atoms with E-state index in [0.717, 1.165) is 24.0 Å². The van der Waals surface area contributed by atoms with Gasteiger partial charge in [0, 0.05) is 25.7 Å². The minimum atomic E-state index is -0.645. The largest absolute Gasteiger partial charge is 0.309 e. The second-order valence-corrected chi connectivity index (χ2v) is 6.92. The van der Waals surface area contributed by atoms with Gasteiger partial charge in [0.15, 0.2) is 5.82 Å². The summed E-state index contributed by atoms with van der Waals surface area (Å²) in [6.07, 6.45) is 0. The van der Waals surface area contributed by atoms with Crippen molar-refractivity contribution < 1.29 is 8.78 Å². The summed E-state index contributed by atoms with van der Waals surface area (Å²) >= 11 is 12.3. The molecule has 2 heterocycles. The van der Waals surface area contributed by atoms with Crippen LogP contribution in [0.4, 0.5) is 8.78 Å². The van der Waals surface area contributed by atoms with Crippen LogP contribution in [0.2, 0.25) is 10.0 Å². The molecule has 4 rings (SSSR count).